The minimum Gasteiger partial charge on any atom is -0.379 e. The third kappa shape index (κ3) is 2.83. The molecular weight excluding hydrogens is 283 g/mol. The van der Waals surface area contributed by atoms with Crippen LogP contribution in [0.5, 0.6) is 0 Å². The molecule has 3 aromatic rings. The van der Waals surface area contributed by atoms with Gasteiger partial charge in [-0.3, -0.25) is 9.78 Å². The van der Waals surface area contributed by atoms with Gasteiger partial charge in [-0.2, -0.15) is 10.2 Å². The largest absolute Gasteiger partial charge is 0.379 e. The molecule has 22 heavy (non-hydrogen) atoms. The summed E-state index contributed by atoms with van der Waals surface area (Å²) in [6, 6.07) is 7.09. The molecule has 0 aliphatic rings. The van der Waals surface area contributed by atoms with Gasteiger partial charge in [0.2, 0.25) is 0 Å². The molecule has 0 aliphatic heterocycles. The predicted octanol–water partition coefficient (Wildman–Crippen LogP) is 3.00. The number of hydrogen-bond acceptors (Lipinski definition) is 4. The van der Waals surface area contributed by atoms with Crippen LogP contribution in [-0.2, 0) is 6.54 Å². The summed E-state index contributed by atoms with van der Waals surface area (Å²) in [5, 5.41) is 14.0. The van der Waals surface area contributed by atoms with Gasteiger partial charge in [0.1, 0.15) is 12.1 Å². The van der Waals surface area contributed by atoms with Gasteiger partial charge in [0.05, 0.1) is 17.8 Å². The minimum atomic E-state index is -0.338. The maximum absolute atomic E-state index is 13.9. The number of hydrogen-bond donors (Lipinski definition) is 2. The second-order valence-corrected chi connectivity index (χ2v) is 5.24. The van der Waals surface area contributed by atoms with Gasteiger partial charge in [0.15, 0.2) is 5.82 Å². The summed E-state index contributed by atoms with van der Waals surface area (Å²) in [6.07, 6.45) is 3.14. The molecule has 0 bridgehead atoms. The van der Waals surface area contributed by atoms with Gasteiger partial charge < -0.3 is 5.32 Å². The molecular formula is C15H17FN6. The van der Waals surface area contributed by atoms with Crippen molar-refractivity contribution in [3.63, 3.8) is 0 Å². The molecule has 0 unspecified atom stereocenters. The van der Waals surface area contributed by atoms with Crippen LogP contribution in [0, 0.1) is 5.82 Å². The van der Waals surface area contributed by atoms with Crippen molar-refractivity contribution in [1.82, 2.24) is 25.0 Å². The number of nitrogens with zero attached hydrogens (tertiary/aromatic N) is 4. The van der Waals surface area contributed by atoms with Gasteiger partial charge in [-0.05, 0) is 38.1 Å². The van der Waals surface area contributed by atoms with Crippen LogP contribution in [0.2, 0.25) is 0 Å². The Balaban J connectivity index is 1.79. The monoisotopic (exact) mass is 300 g/mol. The van der Waals surface area contributed by atoms with Crippen LogP contribution >= 0.6 is 0 Å². The molecule has 0 aliphatic carbocycles. The molecule has 114 valence electrons. The van der Waals surface area contributed by atoms with Crippen molar-refractivity contribution in [2.24, 2.45) is 0 Å². The number of benzene rings is 1. The van der Waals surface area contributed by atoms with Crippen molar-refractivity contribution in [1.29, 1.82) is 0 Å². The lowest BCUT2D eigenvalue weighted by Gasteiger charge is -2.13. The van der Waals surface area contributed by atoms with Gasteiger partial charge >= 0.3 is 0 Å². The van der Waals surface area contributed by atoms with Crippen molar-refractivity contribution in [2.45, 2.75) is 26.4 Å². The highest BCUT2D eigenvalue weighted by Gasteiger charge is 2.10. The number of aromatic amines is 1. The average Bonchev–Trinajstić information content (AvgIpc) is 3.17. The number of rotatable bonds is 5. The molecule has 2 aromatic heterocycles. The number of anilines is 1. The summed E-state index contributed by atoms with van der Waals surface area (Å²) in [4.78, 5) is 3.99. The molecule has 0 spiro atoms. The van der Waals surface area contributed by atoms with E-state index in [0.29, 0.717) is 24.0 Å². The zero-order valence-electron chi connectivity index (χ0n) is 12.4. The smallest absolute Gasteiger partial charge is 0.158 e. The molecule has 6 nitrogen and oxygen atoms in total. The van der Waals surface area contributed by atoms with Crippen LogP contribution in [0.3, 0.4) is 0 Å². The maximum Gasteiger partial charge on any atom is 0.158 e. The first kappa shape index (κ1) is 14.2. The van der Waals surface area contributed by atoms with E-state index in [1.807, 2.05) is 10.7 Å². The van der Waals surface area contributed by atoms with E-state index in [4.69, 9.17) is 0 Å². The topological polar surface area (TPSA) is 71.4 Å². The highest BCUT2D eigenvalue weighted by Crippen LogP contribution is 2.23. The number of halogens is 1. The van der Waals surface area contributed by atoms with Crippen molar-refractivity contribution in [2.75, 3.05) is 5.32 Å². The molecule has 7 heteroatoms. The summed E-state index contributed by atoms with van der Waals surface area (Å²) in [5.41, 5.74) is 2.27. The molecule has 0 atom stereocenters. The van der Waals surface area contributed by atoms with Gasteiger partial charge in [0.25, 0.3) is 0 Å². The minimum absolute atomic E-state index is 0.296. The van der Waals surface area contributed by atoms with Crippen LogP contribution in [0.1, 0.15) is 25.6 Å². The molecule has 3 rings (SSSR count). The van der Waals surface area contributed by atoms with Crippen molar-refractivity contribution < 1.29 is 4.39 Å². The number of nitrogens with one attached hydrogen (secondary N) is 2. The lowest BCUT2D eigenvalue weighted by atomic mass is 10.1. The van der Waals surface area contributed by atoms with Crippen molar-refractivity contribution in [3.8, 4) is 11.4 Å². The SMILES string of the molecule is CC(C)n1nccc1CNc1ccc(F)c(-c2ncn[nH]2)c1. The first-order valence-corrected chi connectivity index (χ1v) is 7.06. The van der Waals surface area contributed by atoms with Gasteiger partial charge in [-0.15, -0.1) is 0 Å². The summed E-state index contributed by atoms with van der Waals surface area (Å²) in [6.45, 7) is 4.77. The predicted molar refractivity (Wildman–Crippen MR) is 81.7 cm³/mol. The fourth-order valence-electron chi connectivity index (χ4n) is 2.29. The first-order chi connectivity index (χ1) is 10.6. The van der Waals surface area contributed by atoms with E-state index < -0.39 is 0 Å². The summed E-state index contributed by atoms with van der Waals surface area (Å²) >= 11 is 0. The van der Waals surface area contributed by atoms with Crippen molar-refractivity contribution in [3.05, 3.63) is 48.3 Å². The van der Waals surface area contributed by atoms with Gasteiger partial charge in [-0.1, -0.05) is 0 Å². The molecule has 0 amide bonds. The van der Waals surface area contributed by atoms with E-state index in [9.17, 15) is 4.39 Å². The normalized spacial score (nSPS) is 11.1. The molecule has 0 saturated heterocycles. The Morgan fingerprint density at radius 1 is 1.32 bits per heavy atom. The quantitative estimate of drug-likeness (QED) is 0.760. The van der Waals surface area contributed by atoms with E-state index in [2.05, 4.69) is 39.4 Å². The molecule has 2 heterocycles. The lowest BCUT2D eigenvalue weighted by molar-refractivity contribution is 0.512. The van der Waals surface area contributed by atoms with Crippen LogP contribution in [0.4, 0.5) is 10.1 Å². The highest BCUT2D eigenvalue weighted by molar-refractivity contribution is 5.62. The van der Waals surface area contributed by atoms with Crippen LogP contribution in [0.15, 0.2) is 36.8 Å². The van der Waals surface area contributed by atoms with Crippen molar-refractivity contribution >= 4 is 5.69 Å². The first-order valence-electron chi connectivity index (χ1n) is 7.06. The van der Waals surface area contributed by atoms with E-state index in [1.165, 1.54) is 12.4 Å². The zero-order valence-corrected chi connectivity index (χ0v) is 12.4. The third-order valence-electron chi connectivity index (χ3n) is 3.35. The second-order valence-electron chi connectivity index (χ2n) is 5.24. The van der Waals surface area contributed by atoms with Gasteiger partial charge in [0, 0.05) is 17.9 Å². The van der Waals surface area contributed by atoms with E-state index in [1.54, 1.807) is 18.3 Å². The zero-order chi connectivity index (χ0) is 15.5. The summed E-state index contributed by atoms with van der Waals surface area (Å²) < 4.78 is 15.8. The van der Waals surface area contributed by atoms with E-state index >= 15 is 0 Å². The summed E-state index contributed by atoms with van der Waals surface area (Å²) in [5.74, 6) is 0.0721. The molecule has 0 saturated carbocycles. The Kier molecular flexibility index (Phi) is 3.86. The molecule has 2 N–H and O–H groups in total. The van der Waals surface area contributed by atoms with Crippen LogP contribution in [0.25, 0.3) is 11.4 Å². The standard InChI is InChI=1S/C15H17FN6/c1-10(2)22-12(5-6-20-22)8-17-11-3-4-14(16)13(7-11)15-18-9-19-21-15/h3-7,9-10,17H,8H2,1-2H3,(H,18,19,21). The van der Waals surface area contributed by atoms with Crippen LogP contribution < -0.4 is 5.32 Å². The fraction of sp³-hybridized carbons (Fsp3) is 0.267. The maximum atomic E-state index is 13.9. The van der Waals surface area contributed by atoms with E-state index in [0.717, 1.165) is 11.4 Å². The van der Waals surface area contributed by atoms with Crippen LogP contribution in [-0.4, -0.2) is 25.0 Å². The Morgan fingerprint density at radius 2 is 2.18 bits per heavy atom. The number of H-pyrrole nitrogens is 1. The lowest BCUT2D eigenvalue weighted by Crippen LogP contribution is -2.11. The Labute approximate surface area is 127 Å². The van der Waals surface area contributed by atoms with Gasteiger partial charge in [-0.25, -0.2) is 9.37 Å². The second kappa shape index (κ2) is 5.97. The Morgan fingerprint density at radius 3 is 2.91 bits per heavy atom. The van der Waals surface area contributed by atoms with E-state index in [-0.39, 0.29) is 5.82 Å². The average molecular weight is 300 g/mol. The molecule has 0 radical (unpaired) electrons. The fourth-order valence-corrected chi connectivity index (χ4v) is 2.29. The number of aromatic nitrogens is 5. The third-order valence-corrected chi connectivity index (χ3v) is 3.35. The molecule has 0 fully saturated rings. The Bertz CT molecular complexity index is 747. The highest BCUT2D eigenvalue weighted by atomic mass is 19.1. The molecule has 1 aromatic carbocycles. The summed E-state index contributed by atoms with van der Waals surface area (Å²) in [7, 11) is 0. The Hall–Kier alpha value is -2.70.